The number of hydrogen-bond acceptors (Lipinski definition) is 4. The van der Waals surface area contributed by atoms with Crippen molar-refractivity contribution in [2.45, 2.75) is 58.5 Å². The van der Waals surface area contributed by atoms with Crippen LogP contribution in [0.1, 0.15) is 48.6 Å². The van der Waals surface area contributed by atoms with Gasteiger partial charge in [0.15, 0.2) is 6.29 Å². The van der Waals surface area contributed by atoms with E-state index in [1.165, 1.54) is 12.1 Å². The lowest BCUT2D eigenvalue weighted by Gasteiger charge is -2.30. The van der Waals surface area contributed by atoms with Gasteiger partial charge in [0.25, 0.3) is 0 Å². The van der Waals surface area contributed by atoms with Gasteiger partial charge in [0.05, 0.1) is 11.3 Å². The van der Waals surface area contributed by atoms with E-state index in [9.17, 15) is 22.8 Å². The van der Waals surface area contributed by atoms with E-state index in [0.717, 1.165) is 29.1 Å². The van der Waals surface area contributed by atoms with Gasteiger partial charge in [-0.15, -0.1) is 0 Å². The molecule has 10 heteroatoms. The number of halogens is 3. The Bertz CT molecular complexity index is 954. The van der Waals surface area contributed by atoms with Crippen LogP contribution in [0.4, 0.5) is 18.9 Å². The zero-order chi connectivity index (χ0) is 22.1. The smallest absolute Gasteiger partial charge is 0.326 e. The molecule has 2 unspecified atom stereocenters. The van der Waals surface area contributed by atoms with Crippen molar-refractivity contribution in [2.75, 3.05) is 5.32 Å². The van der Waals surface area contributed by atoms with Crippen molar-refractivity contribution in [2.24, 2.45) is 0 Å². The number of amides is 2. The number of alkyl halides is 3. The third-order valence-electron chi connectivity index (χ3n) is 5.03. The van der Waals surface area contributed by atoms with E-state index in [0.29, 0.717) is 12.8 Å². The monoisotopic (exact) mass is 423 g/mol. The van der Waals surface area contributed by atoms with Crippen LogP contribution in [0.3, 0.4) is 0 Å². The molecule has 1 aromatic heterocycles. The minimum Gasteiger partial charge on any atom is -0.326 e. The van der Waals surface area contributed by atoms with Gasteiger partial charge in [-0.1, -0.05) is 6.07 Å². The van der Waals surface area contributed by atoms with E-state index < -0.39 is 23.9 Å². The first-order valence-electron chi connectivity index (χ1n) is 9.61. The molecule has 0 aliphatic carbocycles. The molecule has 1 fully saturated rings. The first kappa shape index (κ1) is 21.8. The molecular weight excluding hydrogens is 399 g/mol. The van der Waals surface area contributed by atoms with Gasteiger partial charge in [-0.2, -0.15) is 18.3 Å². The first-order valence-corrected chi connectivity index (χ1v) is 9.61. The Morgan fingerprint density at radius 2 is 2.07 bits per heavy atom. The van der Waals surface area contributed by atoms with Gasteiger partial charge >= 0.3 is 6.18 Å². The zero-order valence-electron chi connectivity index (χ0n) is 16.9. The molecule has 30 heavy (non-hydrogen) atoms. The minimum absolute atomic E-state index is 0.00865. The molecule has 2 heterocycles. The van der Waals surface area contributed by atoms with E-state index in [2.05, 4.69) is 21.0 Å². The van der Waals surface area contributed by atoms with Crippen molar-refractivity contribution >= 4 is 17.5 Å². The highest BCUT2D eigenvalue weighted by Crippen LogP contribution is 2.30. The second-order valence-corrected chi connectivity index (χ2v) is 7.46. The Hall–Kier alpha value is -2.88. The predicted molar refractivity (Wildman–Crippen MR) is 104 cm³/mol. The molecule has 0 saturated carbocycles. The standard InChI is InChI=1S/C20H24F3N5O2/c1-11-9-18(30)26-19(24-11)28-13(3)16(12(2)27-28)7-8-17(29)25-15-6-4-5-14(10-15)20(21,22)23/h4-6,10-11,19,24H,7-9H2,1-3H3,(H,25,29)(H,26,30). The van der Waals surface area contributed by atoms with Crippen molar-refractivity contribution in [3.05, 3.63) is 46.8 Å². The summed E-state index contributed by atoms with van der Waals surface area (Å²) in [6, 6.07) is 4.54. The van der Waals surface area contributed by atoms with E-state index in [1.54, 1.807) is 4.68 Å². The SMILES string of the molecule is Cc1nn(C2NC(=O)CC(C)N2)c(C)c1CCC(=O)Nc1cccc(C(F)(F)F)c1. The molecule has 1 saturated heterocycles. The fraction of sp³-hybridized carbons (Fsp3) is 0.450. The molecule has 0 spiro atoms. The Labute approximate surface area is 172 Å². The van der Waals surface area contributed by atoms with Crippen LogP contribution in [0.25, 0.3) is 0 Å². The van der Waals surface area contributed by atoms with Crippen molar-refractivity contribution in [3.8, 4) is 0 Å². The van der Waals surface area contributed by atoms with E-state index >= 15 is 0 Å². The number of nitrogens with zero attached hydrogens (tertiary/aromatic N) is 2. The summed E-state index contributed by atoms with van der Waals surface area (Å²) in [4.78, 5) is 24.1. The van der Waals surface area contributed by atoms with Crippen molar-refractivity contribution in [1.82, 2.24) is 20.4 Å². The van der Waals surface area contributed by atoms with Crippen LogP contribution in [-0.2, 0) is 22.2 Å². The normalized spacial score (nSPS) is 19.5. The van der Waals surface area contributed by atoms with E-state index in [4.69, 9.17) is 0 Å². The second-order valence-electron chi connectivity index (χ2n) is 7.46. The Balaban J connectivity index is 1.65. The molecule has 7 nitrogen and oxygen atoms in total. The summed E-state index contributed by atoms with van der Waals surface area (Å²) in [6.45, 7) is 5.58. The molecule has 1 aliphatic rings. The van der Waals surface area contributed by atoms with Gasteiger partial charge in [-0.3, -0.25) is 14.9 Å². The lowest BCUT2D eigenvalue weighted by molar-refractivity contribution is -0.137. The number of hydrogen-bond donors (Lipinski definition) is 3. The van der Waals surface area contributed by atoms with E-state index in [-0.39, 0.29) is 24.1 Å². The highest BCUT2D eigenvalue weighted by Gasteiger charge is 2.30. The summed E-state index contributed by atoms with van der Waals surface area (Å²) in [5.41, 5.74) is 1.69. The lowest BCUT2D eigenvalue weighted by Crippen LogP contribution is -2.52. The number of nitrogens with one attached hydrogen (secondary N) is 3. The average molecular weight is 423 g/mol. The largest absolute Gasteiger partial charge is 0.416 e. The summed E-state index contributed by atoms with van der Waals surface area (Å²) < 4.78 is 40.1. The zero-order valence-corrected chi connectivity index (χ0v) is 16.9. The molecule has 1 aliphatic heterocycles. The number of carbonyl (C=O) groups is 2. The molecule has 2 aromatic rings. The van der Waals surface area contributed by atoms with Crippen LogP contribution in [0, 0.1) is 13.8 Å². The molecular formula is C20H24F3N5O2. The lowest BCUT2D eigenvalue weighted by atomic mass is 10.1. The molecule has 3 N–H and O–H groups in total. The van der Waals surface area contributed by atoms with Crippen LogP contribution in [0.2, 0.25) is 0 Å². The molecule has 162 valence electrons. The van der Waals surface area contributed by atoms with Gasteiger partial charge in [-0.05, 0) is 51.0 Å². The van der Waals surface area contributed by atoms with E-state index in [1.807, 2.05) is 20.8 Å². The van der Waals surface area contributed by atoms with Crippen molar-refractivity contribution in [3.63, 3.8) is 0 Å². The molecule has 1 aromatic carbocycles. The van der Waals surface area contributed by atoms with Gasteiger partial charge in [0.1, 0.15) is 0 Å². The summed E-state index contributed by atoms with van der Waals surface area (Å²) >= 11 is 0. The summed E-state index contributed by atoms with van der Waals surface area (Å²) in [7, 11) is 0. The average Bonchev–Trinajstić information content (AvgIpc) is 2.93. The predicted octanol–water partition coefficient (Wildman–Crippen LogP) is 3.04. The molecule has 0 radical (unpaired) electrons. The Kier molecular flexibility index (Phi) is 6.16. The maximum absolute atomic E-state index is 12.8. The molecule has 2 atom stereocenters. The quantitative estimate of drug-likeness (QED) is 0.690. The third kappa shape index (κ3) is 4.99. The number of carbonyl (C=O) groups excluding carboxylic acids is 2. The molecule has 0 bridgehead atoms. The summed E-state index contributed by atoms with van der Waals surface area (Å²) in [5.74, 6) is -0.459. The minimum atomic E-state index is -4.47. The summed E-state index contributed by atoms with van der Waals surface area (Å²) in [6.07, 6.45) is -4.09. The van der Waals surface area contributed by atoms with Crippen LogP contribution < -0.4 is 16.0 Å². The van der Waals surface area contributed by atoms with Crippen LogP contribution in [-0.4, -0.2) is 27.6 Å². The Morgan fingerprint density at radius 1 is 1.33 bits per heavy atom. The molecule has 2 amide bonds. The topological polar surface area (TPSA) is 88.1 Å². The van der Waals surface area contributed by atoms with Crippen molar-refractivity contribution < 1.29 is 22.8 Å². The number of aryl methyl sites for hydroxylation is 1. The maximum atomic E-state index is 12.8. The fourth-order valence-corrected chi connectivity index (χ4v) is 3.54. The van der Waals surface area contributed by atoms with Gasteiger partial charge < -0.3 is 10.6 Å². The van der Waals surface area contributed by atoms with Gasteiger partial charge in [0, 0.05) is 30.3 Å². The highest BCUT2D eigenvalue weighted by atomic mass is 19.4. The summed E-state index contributed by atoms with van der Waals surface area (Å²) in [5, 5.41) is 13.1. The number of rotatable bonds is 5. The number of anilines is 1. The molecule has 3 rings (SSSR count). The Morgan fingerprint density at radius 3 is 2.73 bits per heavy atom. The van der Waals surface area contributed by atoms with Crippen LogP contribution in [0.15, 0.2) is 24.3 Å². The number of aromatic nitrogens is 2. The fourth-order valence-electron chi connectivity index (χ4n) is 3.54. The highest BCUT2D eigenvalue weighted by molar-refractivity contribution is 5.91. The third-order valence-corrected chi connectivity index (χ3v) is 5.03. The van der Waals surface area contributed by atoms with Gasteiger partial charge in [-0.25, -0.2) is 4.68 Å². The van der Waals surface area contributed by atoms with Crippen LogP contribution >= 0.6 is 0 Å². The maximum Gasteiger partial charge on any atom is 0.416 e. The van der Waals surface area contributed by atoms with Crippen molar-refractivity contribution in [1.29, 1.82) is 0 Å². The first-order chi connectivity index (χ1) is 14.0. The number of benzene rings is 1. The van der Waals surface area contributed by atoms with Gasteiger partial charge in [0.2, 0.25) is 11.8 Å². The second kappa shape index (κ2) is 8.47. The van der Waals surface area contributed by atoms with Crippen LogP contribution in [0.5, 0.6) is 0 Å².